The number of sulfonamides is 1. The van der Waals surface area contributed by atoms with Crippen LogP contribution in [0.3, 0.4) is 0 Å². The van der Waals surface area contributed by atoms with Gasteiger partial charge in [-0.3, -0.25) is 18.6 Å². The van der Waals surface area contributed by atoms with Crippen LogP contribution >= 0.6 is 0 Å². The summed E-state index contributed by atoms with van der Waals surface area (Å²) >= 11 is 0. The second kappa shape index (κ2) is 11.2. The molecule has 1 aromatic heterocycles. The molecular weight excluding hydrogens is 549 g/mol. The number of nitrogens with two attached hydrogens (primary N) is 1. The van der Waals surface area contributed by atoms with Crippen LogP contribution in [0.2, 0.25) is 0 Å². The number of benzene rings is 3. The van der Waals surface area contributed by atoms with Crippen molar-refractivity contribution in [3.8, 4) is 11.5 Å². The van der Waals surface area contributed by atoms with Crippen molar-refractivity contribution >= 4 is 38.4 Å². The molecule has 41 heavy (non-hydrogen) atoms. The van der Waals surface area contributed by atoms with Gasteiger partial charge in [0.05, 0.1) is 30.5 Å². The Kier molecular flexibility index (Phi) is 7.68. The van der Waals surface area contributed by atoms with Crippen LogP contribution in [0.1, 0.15) is 47.3 Å². The van der Waals surface area contributed by atoms with E-state index in [1.807, 2.05) is 18.2 Å². The summed E-state index contributed by atoms with van der Waals surface area (Å²) in [5.41, 5.74) is 8.57. The minimum Gasteiger partial charge on any atom is -0.457 e. The first-order chi connectivity index (χ1) is 19.5. The molecule has 0 spiro atoms. The molecule has 0 atom stereocenters. The average molecular weight is 580 g/mol. The predicted molar refractivity (Wildman–Crippen MR) is 153 cm³/mol. The number of nitrogens with zero attached hydrogens (tertiary/aromatic N) is 3. The highest BCUT2D eigenvalue weighted by Gasteiger charge is 2.32. The van der Waals surface area contributed by atoms with Crippen LogP contribution in [0.15, 0.2) is 60.7 Å². The molecule has 5 rings (SSSR count). The molecule has 0 bridgehead atoms. The number of carbonyl (C=O) groups is 2. The monoisotopic (exact) mass is 579 g/mol. The lowest BCUT2D eigenvalue weighted by molar-refractivity contribution is -0.118. The van der Waals surface area contributed by atoms with Gasteiger partial charge >= 0.3 is 0 Å². The first-order valence-corrected chi connectivity index (χ1v) is 14.9. The zero-order valence-electron chi connectivity index (χ0n) is 22.6. The molecule has 0 saturated heterocycles. The fourth-order valence-corrected chi connectivity index (χ4v) is 5.71. The van der Waals surface area contributed by atoms with Gasteiger partial charge in [-0.1, -0.05) is 12.1 Å². The molecule has 3 aromatic carbocycles. The molecule has 0 radical (unpaired) electrons. The van der Waals surface area contributed by atoms with Crippen LogP contribution in [0.5, 0.6) is 11.5 Å². The smallest absolute Gasteiger partial charge is 0.267 e. The molecule has 0 unspecified atom stereocenters. The Morgan fingerprint density at radius 3 is 2.29 bits per heavy atom. The topological polar surface area (TPSA) is 137 Å². The number of halogens is 1. The number of nitrogens with one attached hydrogen (secondary N) is 1. The summed E-state index contributed by atoms with van der Waals surface area (Å²) in [6, 6.07) is 16.4. The molecule has 1 aliphatic rings. The van der Waals surface area contributed by atoms with E-state index in [0.717, 1.165) is 30.2 Å². The zero-order chi connectivity index (χ0) is 29.3. The van der Waals surface area contributed by atoms with Crippen LogP contribution in [0, 0.1) is 5.82 Å². The van der Waals surface area contributed by atoms with Crippen LogP contribution in [0.25, 0.3) is 10.9 Å². The fourth-order valence-electron chi connectivity index (χ4n) is 4.77. The van der Waals surface area contributed by atoms with Gasteiger partial charge in [0.1, 0.15) is 23.0 Å². The summed E-state index contributed by atoms with van der Waals surface area (Å²) in [6.45, 7) is 1.80. The first kappa shape index (κ1) is 28.1. The van der Waals surface area contributed by atoms with E-state index in [1.54, 1.807) is 18.2 Å². The Morgan fingerprint density at radius 2 is 1.73 bits per heavy atom. The highest BCUT2D eigenvalue weighted by Crippen LogP contribution is 2.46. The summed E-state index contributed by atoms with van der Waals surface area (Å²) < 4.78 is 47.3. The van der Waals surface area contributed by atoms with E-state index in [-0.39, 0.29) is 43.0 Å². The van der Waals surface area contributed by atoms with Crippen molar-refractivity contribution in [3.63, 3.8) is 0 Å². The number of hydrogen-bond donors (Lipinski definition) is 2. The number of fused-ring (bicyclic) bond motifs is 1. The second-order valence-corrected chi connectivity index (χ2v) is 12.0. The van der Waals surface area contributed by atoms with Gasteiger partial charge in [-0.25, -0.2) is 12.8 Å². The number of carbonyl (C=O) groups excluding carboxylic acids is 2. The van der Waals surface area contributed by atoms with Gasteiger partial charge in [0.25, 0.3) is 5.91 Å². The van der Waals surface area contributed by atoms with Crippen LogP contribution in [-0.2, 0) is 21.4 Å². The largest absolute Gasteiger partial charge is 0.457 e. The maximum absolute atomic E-state index is 13.2. The summed E-state index contributed by atoms with van der Waals surface area (Å²) in [5.74, 6) is -0.0527. The Balaban J connectivity index is 1.48. The normalized spacial score (nSPS) is 13.2. The van der Waals surface area contributed by atoms with Crippen LogP contribution in [-0.4, -0.2) is 49.4 Å². The molecule has 12 heteroatoms. The highest BCUT2D eigenvalue weighted by molar-refractivity contribution is 7.92. The summed E-state index contributed by atoms with van der Waals surface area (Å²) in [5, 5.41) is 7.84. The third kappa shape index (κ3) is 6.49. The van der Waals surface area contributed by atoms with Gasteiger partial charge < -0.3 is 15.8 Å². The third-order valence-electron chi connectivity index (χ3n) is 6.80. The van der Waals surface area contributed by atoms with Crippen LogP contribution < -0.4 is 20.1 Å². The van der Waals surface area contributed by atoms with E-state index in [9.17, 15) is 22.4 Å². The molecule has 214 valence electrons. The van der Waals surface area contributed by atoms with E-state index in [0.29, 0.717) is 28.1 Å². The van der Waals surface area contributed by atoms with E-state index in [1.165, 1.54) is 40.2 Å². The van der Waals surface area contributed by atoms with E-state index in [2.05, 4.69) is 10.4 Å². The fraction of sp³-hybridized carbons (Fsp3) is 0.276. The van der Waals surface area contributed by atoms with E-state index in [4.69, 9.17) is 10.5 Å². The Morgan fingerprint density at radius 1 is 1.10 bits per heavy atom. The predicted octanol–water partition coefficient (Wildman–Crippen LogP) is 3.89. The zero-order valence-corrected chi connectivity index (χ0v) is 23.4. The van der Waals surface area contributed by atoms with Crippen molar-refractivity contribution in [2.24, 2.45) is 5.73 Å². The van der Waals surface area contributed by atoms with Gasteiger partial charge in [0.2, 0.25) is 15.9 Å². The van der Waals surface area contributed by atoms with Gasteiger partial charge in [0.15, 0.2) is 0 Å². The molecule has 0 aliphatic heterocycles. The highest BCUT2D eigenvalue weighted by atomic mass is 32.2. The van der Waals surface area contributed by atoms with Gasteiger partial charge in [-0.2, -0.15) is 5.10 Å². The minimum atomic E-state index is -3.68. The molecule has 1 fully saturated rings. The number of amides is 2. The van der Waals surface area contributed by atoms with Crippen molar-refractivity contribution in [1.29, 1.82) is 0 Å². The quantitative estimate of drug-likeness (QED) is 0.277. The van der Waals surface area contributed by atoms with Gasteiger partial charge in [-0.05, 0) is 78.4 Å². The van der Waals surface area contributed by atoms with Gasteiger partial charge in [-0.15, -0.1) is 0 Å². The maximum Gasteiger partial charge on any atom is 0.267 e. The Hall–Kier alpha value is -4.45. The second-order valence-electron chi connectivity index (χ2n) is 10.1. The van der Waals surface area contributed by atoms with E-state index < -0.39 is 15.9 Å². The molecule has 1 heterocycles. The number of hydrogen-bond acceptors (Lipinski definition) is 6. The Labute approximate surface area is 236 Å². The standard InChI is InChI=1S/C29H30FN5O5S/c1-18(36)32-13-14-35(41(2,38)39)27-16-26-25(15-24(27)20-5-6-20)28(29(31)37)34(33-26)17-19-3-9-22(10-4-19)40-23-11-7-21(30)8-12-23/h3-4,7-12,15-16,20H,5-6,13-14,17H2,1-2H3,(H2,31,37)(H,32,36). The van der Waals surface area contributed by atoms with E-state index >= 15 is 0 Å². The number of anilines is 1. The van der Waals surface area contributed by atoms with Crippen molar-refractivity contribution in [3.05, 3.63) is 83.3 Å². The van der Waals surface area contributed by atoms with Crippen molar-refractivity contribution in [1.82, 2.24) is 15.1 Å². The number of rotatable bonds is 11. The third-order valence-corrected chi connectivity index (χ3v) is 7.98. The van der Waals surface area contributed by atoms with Crippen LogP contribution in [0.4, 0.5) is 10.1 Å². The number of primary amides is 1. The summed E-state index contributed by atoms with van der Waals surface area (Å²) in [6.07, 6.45) is 2.92. The SMILES string of the molecule is CC(=O)NCCN(c1cc2nn(Cc3ccc(Oc4ccc(F)cc4)cc3)c(C(N)=O)c2cc1C1CC1)S(C)(=O)=O. The van der Waals surface area contributed by atoms with Crippen molar-refractivity contribution in [2.75, 3.05) is 23.7 Å². The molecule has 2 amide bonds. The lowest BCUT2D eigenvalue weighted by Gasteiger charge is -2.25. The molecule has 1 saturated carbocycles. The van der Waals surface area contributed by atoms with Crippen molar-refractivity contribution in [2.45, 2.75) is 32.2 Å². The lowest BCUT2D eigenvalue weighted by Crippen LogP contribution is -2.38. The average Bonchev–Trinajstić information content (AvgIpc) is 3.68. The lowest BCUT2D eigenvalue weighted by atomic mass is 10.0. The minimum absolute atomic E-state index is 0.0549. The summed E-state index contributed by atoms with van der Waals surface area (Å²) in [4.78, 5) is 24.0. The van der Waals surface area contributed by atoms with Crippen molar-refractivity contribution < 1.29 is 27.1 Å². The molecule has 4 aromatic rings. The maximum atomic E-state index is 13.2. The number of ether oxygens (including phenoxy) is 1. The van der Waals surface area contributed by atoms with Gasteiger partial charge in [0, 0.05) is 18.9 Å². The number of aromatic nitrogens is 2. The Bertz CT molecular complexity index is 1720. The first-order valence-electron chi connectivity index (χ1n) is 13.1. The molecule has 1 aliphatic carbocycles. The molecular formula is C29H30FN5O5S. The molecule has 10 nitrogen and oxygen atoms in total. The summed E-state index contributed by atoms with van der Waals surface area (Å²) in [7, 11) is -3.68. The molecule has 3 N–H and O–H groups in total.